The number of allylic oxidation sites excluding steroid dienone is 1. The van der Waals surface area contributed by atoms with Crippen molar-refractivity contribution in [2.75, 3.05) is 7.11 Å². The topological polar surface area (TPSA) is 61.7 Å². The van der Waals surface area contributed by atoms with Gasteiger partial charge in [0.2, 0.25) is 0 Å². The molecule has 0 aliphatic heterocycles. The molecular weight excluding hydrogens is 366 g/mol. The van der Waals surface area contributed by atoms with Crippen LogP contribution in [-0.2, 0) is 0 Å². The van der Waals surface area contributed by atoms with Gasteiger partial charge in [0, 0.05) is 0 Å². The Bertz CT molecular complexity index is 957. The summed E-state index contributed by atoms with van der Waals surface area (Å²) in [7, 11) is 1.62. The van der Waals surface area contributed by atoms with Gasteiger partial charge in [-0.2, -0.15) is 5.26 Å². The Morgan fingerprint density at radius 3 is 2.67 bits per heavy atom. The standard InChI is InChI=1S/C19H16BrN3O/c1-11-6-16-17(7-12(11)2)23-19(22-16)14(10-21)8-13-4-5-18(24-3)15(20)9-13/h4-9H,1-3H3,(H,22,23). The van der Waals surface area contributed by atoms with E-state index >= 15 is 0 Å². The van der Waals surface area contributed by atoms with Crippen LogP contribution < -0.4 is 4.74 Å². The third-order valence-electron chi connectivity index (χ3n) is 3.96. The van der Waals surface area contributed by atoms with Crippen LogP contribution in [0.3, 0.4) is 0 Å². The first kappa shape index (κ1) is 16.3. The second kappa shape index (κ2) is 6.50. The summed E-state index contributed by atoms with van der Waals surface area (Å²) in [5.41, 5.74) is 5.56. The van der Waals surface area contributed by atoms with E-state index in [4.69, 9.17) is 4.74 Å². The van der Waals surface area contributed by atoms with Crippen molar-refractivity contribution in [1.29, 1.82) is 5.26 Å². The van der Waals surface area contributed by atoms with Crippen LogP contribution in [0.25, 0.3) is 22.7 Å². The maximum Gasteiger partial charge on any atom is 0.149 e. The quantitative estimate of drug-likeness (QED) is 0.648. The maximum absolute atomic E-state index is 9.53. The molecule has 3 rings (SSSR count). The number of benzene rings is 2. The number of imidazole rings is 1. The van der Waals surface area contributed by atoms with E-state index in [0.717, 1.165) is 26.8 Å². The molecule has 0 atom stereocenters. The van der Waals surface area contributed by atoms with E-state index in [2.05, 4.69) is 51.9 Å². The van der Waals surface area contributed by atoms with Crippen molar-refractivity contribution in [2.24, 2.45) is 0 Å². The second-order valence-electron chi connectivity index (χ2n) is 5.60. The van der Waals surface area contributed by atoms with Gasteiger partial charge in [0.25, 0.3) is 0 Å². The van der Waals surface area contributed by atoms with Crippen LogP contribution in [0.2, 0.25) is 0 Å². The highest BCUT2D eigenvalue weighted by atomic mass is 79.9. The van der Waals surface area contributed by atoms with Crippen LogP contribution in [0.15, 0.2) is 34.8 Å². The first-order chi connectivity index (χ1) is 11.5. The number of aryl methyl sites for hydroxylation is 2. The van der Waals surface area contributed by atoms with Gasteiger partial charge in [0.05, 0.1) is 28.2 Å². The number of rotatable bonds is 3. The number of fused-ring (bicyclic) bond motifs is 1. The Morgan fingerprint density at radius 1 is 1.25 bits per heavy atom. The molecule has 0 aliphatic carbocycles. The van der Waals surface area contributed by atoms with E-state index < -0.39 is 0 Å². The number of nitriles is 1. The van der Waals surface area contributed by atoms with E-state index in [1.165, 1.54) is 11.1 Å². The number of nitrogens with one attached hydrogen (secondary N) is 1. The van der Waals surface area contributed by atoms with Crippen LogP contribution in [-0.4, -0.2) is 17.1 Å². The van der Waals surface area contributed by atoms with Gasteiger partial charge >= 0.3 is 0 Å². The maximum atomic E-state index is 9.53. The summed E-state index contributed by atoms with van der Waals surface area (Å²) in [5.74, 6) is 1.32. The van der Waals surface area contributed by atoms with E-state index in [9.17, 15) is 5.26 Å². The Hall–Kier alpha value is -2.58. The Morgan fingerprint density at radius 2 is 2.00 bits per heavy atom. The van der Waals surface area contributed by atoms with Crippen molar-refractivity contribution in [3.05, 3.63) is 57.3 Å². The van der Waals surface area contributed by atoms with Crippen molar-refractivity contribution in [3.63, 3.8) is 0 Å². The van der Waals surface area contributed by atoms with Crippen LogP contribution in [0.4, 0.5) is 0 Å². The van der Waals surface area contributed by atoms with Gasteiger partial charge in [-0.05, 0) is 76.8 Å². The number of halogens is 1. The summed E-state index contributed by atoms with van der Waals surface area (Å²) >= 11 is 3.46. The molecule has 2 aromatic carbocycles. The minimum Gasteiger partial charge on any atom is -0.496 e. The molecule has 0 amide bonds. The van der Waals surface area contributed by atoms with Crippen LogP contribution in [0.5, 0.6) is 5.75 Å². The van der Waals surface area contributed by atoms with Crippen molar-refractivity contribution in [1.82, 2.24) is 9.97 Å². The molecule has 0 fully saturated rings. The third-order valence-corrected chi connectivity index (χ3v) is 4.58. The number of aromatic amines is 1. The van der Waals surface area contributed by atoms with E-state index in [-0.39, 0.29) is 0 Å². The van der Waals surface area contributed by atoms with Gasteiger partial charge in [-0.1, -0.05) is 6.07 Å². The number of nitrogens with zero attached hydrogens (tertiary/aromatic N) is 2. The molecule has 0 aliphatic rings. The largest absolute Gasteiger partial charge is 0.496 e. The predicted octanol–water partition coefficient (Wildman–Crippen LogP) is 5.02. The van der Waals surface area contributed by atoms with Crippen molar-refractivity contribution in [3.8, 4) is 11.8 Å². The fourth-order valence-corrected chi connectivity index (χ4v) is 3.05. The smallest absolute Gasteiger partial charge is 0.149 e. The molecule has 0 radical (unpaired) electrons. The monoisotopic (exact) mass is 381 g/mol. The number of hydrogen-bond acceptors (Lipinski definition) is 3. The molecule has 5 heteroatoms. The lowest BCUT2D eigenvalue weighted by molar-refractivity contribution is 0.412. The molecule has 24 heavy (non-hydrogen) atoms. The van der Waals surface area contributed by atoms with Crippen molar-refractivity contribution in [2.45, 2.75) is 13.8 Å². The number of ether oxygens (including phenoxy) is 1. The molecule has 1 N–H and O–H groups in total. The van der Waals surface area contributed by atoms with Gasteiger partial charge < -0.3 is 9.72 Å². The fourth-order valence-electron chi connectivity index (χ4n) is 2.49. The molecule has 0 bridgehead atoms. The molecule has 0 spiro atoms. The molecule has 4 nitrogen and oxygen atoms in total. The SMILES string of the molecule is COc1ccc(C=C(C#N)c2nc3cc(C)c(C)cc3[nH]2)cc1Br. The Kier molecular flexibility index (Phi) is 4.41. The zero-order valence-electron chi connectivity index (χ0n) is 13.6. The molecule has 1 aromatic heterocycles. The molecule has 3 aromatic rings. The van der Waals surface area contributed by atoms with Crippen molar-refractivity contribution >= 4 is 38.6 Å². The zero-order valence-corrected chi connectivity index (χ0v) is 15.2. The van der Waals surface area contributed by atoms with Crippen molar-refractivity contribution < 1.29 is 4.74 Å². The number of hydrogen-bond donors (Lipinski definition) is 1. The summed E-state index contributed by atoms with van der Waals surface area (Å²) in [6.07, 6.45) is 1.81. The second-order valence-corrected chi connectivity index (χ2v) is 6.46. The number of methoxy groups -OCH3 is 1. The highest BCUT2D eigenvalue weighted by Gasteiger charge is 2.10. The Labute approximate surface area is 148 Å². The summed E-state index contributed by atoms with van der Waals surface area (Å²) in [4.78, 5) is 7.79. The molecular formula is C19H16BrN3O. The lowest BCUT2D eigenvalue weighted by Gasteiger charge is -2.03. The minimum atomic E-state index is 0.485. The van der Waals surface area contributed by atoms with Gasteiger partial charge in [0.1, 0.15) is 17.6 Å². The fraction of sp³-hybridized carbons (Fsp3) is 0.158. The average Bonchev–Trinajstić information content (AvgIpc) is 2.95. The first-order valence-corrected chi connectivity index (χ1v) is 8.24. The highest BCUT2D eigenvalue weighted by Crippen LogP contribution is 2.28. The van der Waals surface area contributed by atoms with E-state index in [1.807, 2.05) is 30.3 Å². The molecule has 0 unspecified atom stereocenters. The minimum absolute atomic E-state index is 0.485. The van der Waals surface area contributed by atoms with Gasteiger partial charge in [0.15, 0.2) is 0 Å². The highest BCUT2D eigenvalue weighted by molar-refractivity contribution is 9.10. The Balaban J connectivity index is 2.05. The van der Waals surface area contributed by atoms with Gasteiger partial charge in [-0.3, -0.25) is 0 Å². The molecule has 0 saturated heterocycles. The van der Waals surface area contributed by atoms with Crippen LogP contribution >= 0.6 is 15.9 Å². The zero-order chi connectivity index (χ0) is 17.3. The normalized spacial score (nSPS) is 11.5. The predicted molar refractivity (Wildman–Crippen MR) is 99.7 cm³/mol. The number of H-pyrrole nitrogens is 1. The molecule has 1 heterocycles. The molecule has 120 valence electrons. The van der Waals surface area contributed by atoms with Gasteiger partial charge in [-0.15, -0.1) is 0 Å². The van der Waals surface area contributed by atoms with Crippen LogP contribution in [0, 0.1) is 25.2 Å². The third kappa shape index (κ3) is 3.06. The summed E-state index contributed by atoms with van der Waals surface area (Å²) in [6.45, 7) is 4.12. The van der Waals surface area contributed by atoms with Crippen LogP contribution in [0.1, 0.15) is 22.5 Å². The van der Waals surface area contributed by atoms with E-state index in [1.54, 1.807) is 7.11 Å². The first-order valence-electron chi connectivity index (χ1n) is 7.44. The summed E-state index contributed by atoms with van der Waals surface area (Å²) in [6, 6.07) is 12.0. The summed E-state index contributed by atoms with van der Waals surface area (Å²) in [5, 5.41) is 9.53. The lowest BCUT2D eigenvalue weighted by Crippen LogP contribution is -1.87. The number of aromatic nitrogens is 2. The van der Waals surface area contributed by atoms with E-state index in [0.29, 0.717) is 11.4 Å². The van der Waals surface area contributed by atoms with Gasteiger partial charge in [-0.25, -0.2) is 4.98 Å². The molecule has 0 saturated carbocycles. The lowest BCUT2D eigenvalue weighted by atomic mass is 10.1. The average molecular weight is 382 g/mol. The summed E-state index contributed by atoms with van der Waals surface area (Å²) < 4.78 is 6.07.